The Morgan fingerprint density at radius 1 is 1.10 bits per heavy atom. The monoisotopic (exact) mass is 268 g/mol. The van der Waals surface area contributed by atoms with Gasteiger partial charge in [-0.25, -0.2) is 4.79 Å². The van der Waals surface area contributed by atoms with Gasteiger partial charge in [-0.3, -0.25) is 5.32 Å². The van der Waals surface area contributed by atoms with Crippen LogP contribution >= 0.6 is 0 Å². The molecule has 4 nitrogen and oxygen atoms in total. The van der Waals surface area contributed by atoms with Gasteiger partial charge in [-0.2, -0.15) is 0 Å². The summed E-state index contributed by atoms with van der Waals surface area (Å²) >= 11 is 0. The molecule has 0 saturated heterocycles. The number of benzene rings is 2. The van der Waals surface area contributed by atoms with E-state index in [0.717, 1.165) is 30.8 Å². The third-order valence-electron chi connectivity index (χ3n) is 3.27. The van der Waals surface area contributed by atoms with Crippen molar-refractivity contribution in [2.24, 2.45) is 0 Å². The second-order valence-electron chi connectivity index (χ2n) is 4.70. The molecule has 0 aliphatic carbocycles. The average Bonchev–Trinajstić information content (AvgIpc) is 2.48. The van der Waals surface area contributed by atoms with Crippen LogP contribution in [-0.4, -0.2) is 12.6 Å². The predicted molar refractivity (Wildman–Crippen MR) is 79.3 cm³/mol. The van der Waals surface area contributed by atoms with Gasteiger partial charge >= 0.3 is 6.09 Å². The van der Waals surface area contributed by atoms with E-state index < -0.39 is 6.09 Å². The maximum Gasteiger partial charge on any atom is 0.417 e. The van der Waals surface area contributed by atoms with E-state index >= 15 is 0 Å². The number of fused-ring (bicyclic) bond motifs is 1. The smallest absolute Gasteiger partial charge is 0.410 e. The molecule has 2 aromatic carbocycles. The van der Waals surface area contributed by atoms with E-state index in [1.165, 1.54) is 5.56 Å². The molecule has 20 heavy (non-hydrogen) atoms. The zero-order valence-corrected chi connectivity index (χ0v) is 11.1. The third kappa shape index (κ3) is 2.74. The first-order valence-corrected chi connectivity index (χ1v) is 6.72. The van der Waals surface area contributed by atoms with Crippen LogP contribution in [0.2, 0.25) is 0 Å². The fourth-order valence-electron chi connectivity index (χ4n) is 2.34. The first-order chi connectivity index (χ1) is 9.83. The standard InChI is InChI=1S/C16H16N2O2/c19-16(20-13-8-2-1-3-9-13)18-14-10-4-6-12-7-5-11-17-15(12)14/h1-4,6,8-10,17H,5,7,11H2,(H,18,19). The molecule has 4 heteroatoms. The van der Waals surface area contributed by atoms with Gasteiger partial charge in [0.05, 0.1) is 11.4 Å². The van der Waals surface area contributed by atoms with E-state index in [1.54, 1.807) is 12.1 Å². The molecule has 0 radical (unpaired) electrons. The van der Waals surface area contributed by atoms with Crippen LogP contribution in [0.4, 0.5) is 16.2 Å². The van der Waals surface area contributed by atoms with Crippen LogP contribution in [-0.2, 0) is 6.42 Å². The number of carbonyl (C=O) groups excluding carboxylic acids is 1. The number of nitrogens with one attached hydrogen (secondary N) is 2. The van der Waals surface area contributed by atoms with Crippen LogP contribution in [0, 0.1) is 0 Å². The maximum atomic E-state index is 11.9. The van der Waals surface area contributed by atoms with Crippen LogP contribution in [0.15, 0.2) is 48.5 Å². The highest BCUT2D eigenvalue weighted by Crippen LogP contribution is 2.30. The number of aryl methyl sites for hydroxylation is 1. The fraction of sp³-hybridized carbons (Fsp3) is 0.188. The van der Waals surface area contributed by atoms with Gasteiger partial charge < -0.3 is 10.1 Å². The number of rotatable bonds is 2. The minimum absolute atomic E-state index is 0.475. The van der Waals surface area contributed by atoms with Gasteiger partial charge in [0.25, 0.3) is 0 Å². The van der Waals surface area contributed by atoms with Crippen molar-refractivity contribution in [1.29, 1.82) is 0 Å². The van der Waals surface area contributed by atoms with Crippen LogP contribution < -0.4 is 15.4 Å². The summed E-state index contributed by atoms with van der Waals surface area (Å²) in [6.45, 7) is 0.930. The zero-order valence-electron chi connectivity index (χ0n) is 11.1. The predicted octanol–water partition coefficient (Wildman–Crippen LogP) is 3.66. The molecule has 0 unspecified atom stereocenters. The second-order valence-corrected chi connectivity index (χ2v) is 4.70. The van der Waals surface area contributed by atoms with Crippen molar-refractivity contribution in [3.8, 4) is 5.75 Å². The van der Waals surface area contributed by atoms with Gasteiger partial charge in [0, 0.05) is 6.54 Å². The molecule has 3 rings (SSSR count). The Balaban J connectivity index is 1.73. The summed E-state index contributed by atoms with van der Waals surface area (Å²) in [7, 11) is 0. The van der Waals surface area contributed by atoms with Gasteiger partial charge in [0.15, 0.2) is 0 Å². The summed E-state index contributed by atoms with van der Waals surface area (Å²) < 4.78 is 5.23. The SMILES string of the molecule is O=C(Nc1cccc2c1NCCC2)Oc1ccccc1. The van der Waals surface area contributed by atoms with Crippen LogP contribution in [0.3, 0.4) is 0 Å². The van der Waals surface area contributed by atoms with Crippen molar-refractivity contribution < 1.29 is 9.53 Å². The molecular formula is C16H16N2O2. The largest absolute Gasteiger partial charge is 0.417 e. The lowest BCUT2D eigenvalue weighted by Crippen LogP contribution is -2.20. The number of para-hydroxylation sites is 2. The summed E-state index contributed by atoms with van der Waals surface area (Å²) in [5, 5.41) is 6.13. The van der Waals surface area contributed by atoms with Gasteiger partial charge in [-0.05, 0) is 36.6 Å². The van der Waals surface area contributed by atoms with E-state index in [9.17, 15) is 4.79 Å². The first kappa shape index (κ1) is 12.5. The van der Waals surface area contributed by atoms with Gasteiger partial charge in [0.1, 0.15) is 5.75 Å². The maximum absolute atomic E-state index is 11.9. The molecule has 0 spiro atoms. The highest BCUT2D eigenvalue weighted by atomic mass is 16.6. The topological polar surface area (TPSA) is 50.4 Å². The Kier molecular flexibility index (Phi) is 3.54. The highest BCUT2D eigenvalue weighted by molar-refractivity contribution is 5.91. The normalized spacial score (nSPS) is 13.0. The number of hydrogen-bond acceptors (Lipinski definition) is 3. The first-order valence-electron chi connectivity index (χ1n) is 6.72. The molecule has 2 N–H and O–H groups in total. The van der Waals surface area contributed by atoms with Crippen molar-refractivity contribution in [3.05, 3.63) is 54.1 Å². The molecule has 0 fully saturated rings. The molecule has 1 aliphatic heterocycles. The lowest BCUT2D eigenvalue weighted by Gasteiger charge is -2.21. The fourth-order valence-corrected chi connectivity index (χ4v) is 2.34. The summed E-state index contributed by atoms with van der Waals surface area (Å²) in [6, 6.07) is 14.9. The number of hydrogen-bond donors (Lipinski definition) is 2. The summed E-state index contributed by atoms with van der Waals surface area (Å²) in [4.78, 5) is 11.9. The van der Waals surface area contributed by atoms with Crippen molar-refractivity contribution in [1.82, 2.24) is 0 Å². The van der Waals surface area contributed by atoms with Crippen molar-refractivity contribution in [2.75, 3.05) is 17.2 Å². The lowest BCUT2D eigenvalue weighted by molar-refractivity contribution is 0.215. The molecular weight excluding hydrogens is 252 g/mol. The van der Waals surface area contributed by atoms with Crippen LogP contribution in [0.1, 0.15) is 12.0 Å². The summed E-state index contributed by atoms with van der Waals surface area (Å²) in [5.74, 6) is 0.530. The van der Waals surface area contributed by atoms with Crippen LogP contribution in [0.5, 0.6) is 5.75 Å². The van der Waals surface area contributed by atoms with E-state index in [4.69, 9.17) is 4.74 Å². The molecule has 0 bridgehead atoms. The van der Waals surface area contributed by atoms with Gasteiger partial charge in [-0.15, -0.1) is 0 Å². The van der Waals surface area contributed by atoms with Crippen molar-refractivity contribution in [3.63, 3.8) is 0 Å². The second kappa shape index (κ2) is 5.65. The highest BCUT2D eigenvalue weighted by Gasteiger charge is 2.14. The Labute approximate surface area is 117 Å². The molecule has 1 aliphatic rings. The summed E-state index contributed by atoms with van der Waals surface area (Å²) in [5.41, 5.74) is 3.00. The Morgan fingerprint density at radius 3 is 2.80 bits per heavy atom. The minimum Gasteiger partial charge on any atom is -0.410 e. The molecule has 2 aromatic rings. The van der Waals surface area contributed by atoms with Crippen LogP contribution in [0.25, 0.3) is 0 Å². The van der Waals surface area contributed by atoms with Gasteiger partial charge in [-0.1, -0.05) is 30.3 Å². The Bertz CT molecular complexity index is 611. The van der Waals surface area contributed by atoms with E-state index in [2.05, 4.69) is 16.7 Å². The summed E-state index contributed by atoms with van der Waals surface area (Å²) in [6.07, 6.45) is 1.67. The number of amides is 1. The minimum atomic E-state index is -0.475. The molecule has 0 saturated carbocycles. The van der Waals surface area contributed by atoms with Crippen molar-refractivity contribution in [2.45, 2.75) is 12.8 Å². The molecule has 0 aromatic heterocycles. The Morgan fingerprint density at radius 2 is 1.95 bits per heavy atom. The molecule has 1 amide bonds. The Hall–Kier alpha value is -2.49. The number of ether oxygens (including phenoxy) is 1. The molecule has 0 atom stereocenters. The third-order valence-corrected chi connectivity index (χ3v) is 3.27. The molecule has 1 heterocycles. The quantitative estimate of drug-likeness (QED) is 0.874. The number of carbonyl (C=O) groups is 1. The number of anilines is 2. The average molecular weight is 268 g/mol. The van der Waals surface area contributed by atoms with E-state index in [0.29, 0.717) is 5.75 Å². The van der Waals surface area contributed by atoms with E-state index in [1.807, 2.05) is 30.3 Å². The van der Waals surface area contributed by atoms with E-state index in [-0.39, 0.29) is 0 Å². The lowest BCUT2D eigenvalue weighted by atomic mass is 10.0. The zero-order chi connectivity index (χ0) is 13.8. The van der Waals surface area contributed by atoms with Gasteiger partial charge in [0.2, 0.25) is 0 Å². The van der Waals surface area contributed by atoms with Crippen molar-refractivity contribution >= 4 is 17.5 Å². The molecule has 102 valence electrons.